The standard InChI is InChI=1S/C14H16O2/c1-11-7-8-13(14(11)15)10-16-9-12-5-3-2-4-6-12/h2-7,13H,8-10H2,1H3/t13-/m1/s1. The SMILES string of the molecule is CC1=CC[C@H](COCc2ccccc2)C1=O. The number of carbonyl (C=O) groups is 1. The van der Waals surface area contributed by atoms with Crippen molar-refractivity contribution in [3.8, 4) is 0 Å². The van der Waals surface area contributed by atoms with Crippen LogP contribution < -0.4 is 0 Å². The summed E-state index contributed by atoms with van der Waals surface area (Å²) in [5, 5.41) is 0. The van der Waals surface area contributed by atoms with Crippen molar-refractivity contribution in [3.05, 3.63) is 47.5 Å². The summed E-state index contributed by atoms with van der Waals surface area (Å²) in [6, 6.07) is 10.0. The van der Waals surface area contributed by atoms with E-state index in [0.29, 0.717) is 13.2 Å². The van der Waals surface area contributed by atoms with Crippen LogP contribution in [0, 0.1) is 5.92 Å². The Balaban J connectivity index is 1.76. The van der Waals surface area contributed by atoms with E-state index in [0.717, 1.165) is 17.6 Å². The number of hydrogen-bond acceptors (Lipinski definition) is 2. The average molecular weight is 216 g/mol. The molecule has 0 fully saturated rings. The lowest BCUT2D eigenvalue weighted by atomic mass is 10.1. The Bertz CT molecular complexity index is 392. The first-order valence-corrected chi connectivity index (χ1v) is 5.60. The zero-order chi connectivity index (χ0) is 11.4. The molecular formula is C14H16O2. The summed E-state index contributed by atoms with van der Waals surface area (Å²) >= 11 is 0. The molecule has 0 aliphatic heterocycles. The Kier molecular flexibility index (Phi) is 3.52. The van der Waals surface area contributed by atoms with Crippen LogP contribution in [0.3, 0.4) is 0 Å². The summed E-state index contributed by atoms with van der Waals surface area (Å²) in [6.07, 6.45) is 2.83. The van der Waals surface area contributed by atoms with Crippen LogP contribution in [0.2, 0.25) is 0 Å². The third-order valence-corrected chi connectivity index (χ3v) is 2.90. The molecule has 0 aromatic heterocycles. The normalized spacial score (nSPS) is 19.9. The van der Waals surface area contributed by atoms with Crippen LogP contribution in [0.1, 0.15) is 18.9 Å². The lowest BCUT2D eigenvalue weighted by Gasteiger charge is -2.09. The quantitative estimate of drug-likeness (QED) is 0.773. The number of rotatable bonds is 4. The van der Waals surface area contributed by atoms with Gasteiger partial charge in [-0.25, -0.2) is 0 Å². The van der Waals surface area contributed by atoms with Crippen molar-refractivity contribution >= 4 is 5.78 Å². The van der Waals surface area contributed by atoms with Crippen molar-refractivity contribution in [2.24, 2.45) is 5.92 Å². The van der Waals surface area contributed by atoms with Gasteiger partial charge in [-0.3, -0.25) is 4.79 Å². The summed E-state index contributed by atoms with van der Waals surface area (Å²) in [5.41, 5.74) is 2.03. The zero-order valence-corrected chi connectivity index (χ0v) is 9.48. The smallest absolute Gasteiger partial charge is 0.163 e. The topological polar surface area (TPSA) is 26.3 Å². The van der Waals surface area contributed by atoms with E-state index >= 15 is 0 Å². The maximum Gasteiger partial charge on any atom is 0.163 e. The molecule has 0 bridgehead atoms. The van der Waals surface area contributed by atoms with Crippen molar-refractivity contribution in [2.45, 2.75) is 20.0 Å². The Morgan fingerprint density at radius 3 is 2.69 bits per heavy atom. The van der Waals surface area contributed by atoms with Gasteiger partial charge in [0.1, 0.15) is 0 Å². The number of carbonyl (C=O) groups excluding carboxylic acids is 1. The third kappa shape index (κ3) is 2.58. The highest BCUT2D eigenvalue weighted by Crippen LogP contribution is 2.21. The van der Waals surface area contributed by atoms with Crippen LogP contribution in [-0.2, 0) is 16.1 Å². The van der Waals surface area contributed by atoms with Gasteiger partial charge in [-0.15, -0.1) is 0 Å². The molecule has 0 saturated carbocycles. The van der Waals surface area contributed by atoms with Gasteiger partial charge in [0.05, 0.1) is 13.2 Å². The Morgan fingerprint density at radius 1 is 1.31 bits per heavy atom. The molecule has 1 aromatic carbocycles. The van der Waals surface area contributed by atoms with Gasteiger partial charge in [-0.1, -0.05) is 36.4 Å². The van der Waals surface area contributed by atoms with Gasteiger partial charge in [0.25, 0.3) is 0 Å². The van der Waals surface area contributed by atoms with Crippen molar-refractivity contribution in [3.63, 3.8) is 0 Å². The Hall–Kier alpha value is -1.41. The molecule has 1 aliphatic carbocycles. The van der Waals surface area contributed by atoms with Gasteiger partial charge < -0.3 is 4.74 Å². The maximum atomic E-state index is 11.6. The second-order valence-electron chi connectivity index (χ2n) is 4.18. The lowest BCUT2D eigenvalue weighted by Crippen LogP contribution is -2.16. The molecule has 0 radical (unpaired) electrons. The molecule has 0 unspecified atom stereocenters. The molecular weight excluding hydrogens is 200 g/mol. The van der Waals surface area contributed by atoms with Gasteiger partial charge in [-0.2, -0.15) is 0 Å². The summed E-state index contributed by atoms with van der Waals surface area (Å²) in [4.78, 5) is 11.6. The molecule has 0 N–H and O–H groups in total. The highest BCUT2D eigenvalue weighted by Gasteiger charge is 2.24. The van der Waals surface area contributed by atoms with Crippen LogP contribution >= 0.6 is 0 Å². The molecule has 0 heterocycles. The van der Waals surface area contributed by atoms with E-state index < -0.39 is 0 Å². The number of allylic oxidation sites excluding steroid dienone is 2. The monoisotopic (exact) mass is 216 g/mol. The molecule has 0 amide bonds. The van der Waals surface area contributed by atoms with E-state index in [1.807, 2.05) is 43.3 Å². The van der Waals surface area contributed by atoms with Crippen LogP contribution in [-0.4, -0.2) is 12.4 Å². The minimum Gasteiger partial charge on any atom is -0.376 e. The molecule has 84 valence electrons. The predicted octanol–water partition coefficient (Wildman–Crippen LogP) is 2.74. The summed E-state index contributed by atoms with van der Waals surface area (Å²) in [5.74, 6) is 0.289. The number of benzene rings is 1. The van der Waals surface area contributed by atoms with Crippen LogP contribution in [0.4, 0.5) is 0 Å². The van der Waals surface area contributed by atoms with Crippen LogP contribution in [0.15, 0.2) is 42.0 Å². The summed E-state index contributed by atoms with van der Waals surface area (Å²) in [7, 11) is 0. The van der Waals surface area contributed by atoms with Crippen LogP contribution in [0.5, 0.6) is 0 Å². The number of hydrogen-bond donors (Lipinski definition) is 0. The van der Waals surface area contributed by atoms with Crippen molar-refractivity contribution < 1.29 is 9.53 Å². The summed E-state index contributed by atoms with van der Waals surface area (Å²) in [6.45, 7) is 2.99. The van der Waals surface area contributed by atoms with E-state index in [9.17, 15) is 4.79 Å². The largest absolute Gasteiger partial charge is 0.376 e. The van der Waals surface area contributed by atoms with E-state index in [4.69, 9.17) is 4.74 Å². The molecule has 1 aromatic rings. The molecule has 16 heavy (non-hydrogen) atoms. The zero-order valence-electron chi connectivity index (χ0n) is 9.48. The second-order valence-corrected chi connectivity index (χ2v) is 4.18. The molecule has 1 aliphatic rings. The molecule has 2 nitrogen and oxygen atoms in total. The van der Waals surface area contributed by atoms with E-state index in [1.165, 1.54) is 0 Å². The van der Waals surface area contributed by atoms with E-state index in [2.05, 4.69) is 0 Å². The first-order valence-electron chi connectivity index (χ1n) is 5.60. The fourth-order valence-corrected chi connectivity index (χ4v) is 1.89. The lowest BCUT2D eigenvalue weighted by molar-refractivity contribution is -0.120. The van der Waals surface area contributed by atoms with Gasteiger partial charge in [0.15, 0.2) is 5.78 Å². The molecule has 0 spiro atoms. The average Bonchev–Trinajstić information content (AvgIpc) is 2.62. The van der Waals surface area contributed by atoms with Gasteiger partial charge >= 0.3 is 0 Å². The van der Waals surface area contributed by atoms with Crippen molar-refractivity contribution in [2.75, 3.05) is 6.61 Å². The maximum absolute atomic E-state index is 11.6. The van der Waals surface area contributed by atoms with Gasteiger partial charge in [0, 0.05) is 5.92 Å². The molecule has 0 saturated heterocycles. The van der Waals surface area contributed by atoms with Crippen LogP contribution in [0.25, 0.3) is 0 Å². The first kappa shape index (κ1) is 11.1. The van der Waals surface area contributed by atoms with Gasteiger partial charge in [-0.05, 0) is 24.5 Å². The summed E-state index contributed by atoms with van der Waals surface area (Å²) < 4.78 is 5.57. The Labute approximate surface area is 95.9 Å². The minimum atomic E-state index is 0.0451. The fourth-order valence-electron chi connectivity index (χ4n) is 1.89. The van der Waals surface area contributed by atoms with Gasteiger partial charge in [0.2, 0.25) is 0 Å². The highest BCUT2D eigenvalue weighted by atomic mass is 16.5. The molecule has 2 heteroatoms. The molecule has 2 rings (SSSR count). The first-order chi connectivity index (χ1) is 7.77. The Morgan fingerprint density at radius 2 is 2.06 bits per heavy atom. The molecule has 1 atom stereocenters. The number of Topliss-reactive ketones (excluding diaryl/α,β-unsaturated/α-hetero) is 1. The number of ketones is 1. The van der Waals surface area contributed by atoms with Crippen molar-refractivity contribution in [1.82, 2.24) is 0 Å². The minimum absolute atomic E-state index is 0.0451. The van der Waals surface area contributed by atoms with E-state index in [1.54, 1.807) is 0 Å². The fraction of sp³-hybridized carbons (Fsp3) is 0.357. The predicted molar refractivity (Wildman–Crippen MR) is 63.0 cm³/mol. The van der Waals surface area contributed by atoms with E-state index in [-0.39, 0.29) is 11.7 Å². The number of ether oxygens (including phenoxy) is 1. The highest BCUT2D eigenvalue weighted by molar-refractivity contribution is 5.98. The third-order valence-electron chi connectivity index (χ3n) is 2.90. The second kappa shape index (κ2) is 5.08. The van der Waals surface area contributed by atoms with Crippen molar-refractivity contribution in [1.29, 1.82) is 0 Å².